The summed E-state index contributed by atoms with van der Waals surface area (Å²) >= 11 is 0. The molecular weight excluding hydrogens is 124 g/mol. The molecule has 5 heteroatoms. The maximum atomic E-state index is 10.1. The summed E-state index contributed by atoms with van der Waals surface area (Å²) in [5.41, 5.74) is -0.303. The predicted molar refractivity (Wildman–Crippen MR) is 32.1 cm³/mol. The third kappa shape index (κ3) is 3.39. The molecule has 0 saturated carbocycles. The minimum Gasteiger partial charge on any atom is -0.412 e. The molecular formula is C4H8N2O3. The Hall–Kier alpha value is -1.20. The fourth-order valence-electron chi connectivity index (χ4n) is 0.310. The predicted octanol–water partition coefficient (Wildman–Crippen LogP) is -1.88. The molecule has 0 amide bonds. The minimum absolute atomic E-state index is 0. The van der Waals surface area contributed by atoms with Crippen LogP contribution in [0.4, 0.5) is 0 Å². The summed E-state index contributed by atoms with van der Waals surface area (Å²) in [6, 6.07) is 1.65. The van der Waals surface area contributed by atoms with E-state index in [2.05, 4.69) is 9.97 Å². The molecule has 1 aromatic rings. The van der Waals surface area contributed by atoms with E-state index in [1.807, 2.05) is 0 Å². The first-order valence-corrected chi connectivity index (χ1v) is 1.89. The van der Waals surface area contributed by atoms with E-state index in [4.69, 9.17) is 0 Å². The van der Waals surface area contributed by atoms with Crippen LogP contribution in [0.5, 0.6) is 0 Å². The average molecular weight is 132 g/mol. The van der Waals surface area contributed by atoms with Gasteiger partial charge in [-0.2, -0.15) is 0 Å². The van der Waals surface area contributed by atoms with Gasteiger partial charge in [-0.05, 0) is 6.07 Å². The molecule has 5 nitrogen and oxygen atoms in total. The highest BCUT2D eigenvalue weighted by Crippen LogP contribution is 1.60. The van der Waals surface area contributed by atoms with Crippen molar-refractivity contribution in [3.05, 3.63) is 28.9 Å². The zero-order valence-corrected chi connectivity index (χ0v) is 4.59. The molecule has 0 aromatic carbocycles. The Morgan fingerprint density at radius 3 is 2.33 bits per heavy atom. The molecule has 1 rings (SSSR count). The summed E-state index contributed by atoms with van der Waals surface area (Å²) in [5, 5.41) is 0. The van der Waals surface area contributed by atoms with Crippen molar-refractivity contribution in [1.29, 1.82) is 0 Å². The van der Waals surface area contributed by atoms with Gasteiger partial charge in [0, 0.05) is 12.4 Å². The summed E-state index contributed by atoms with van der Waals surface area (Å²) < 4.78 is 0. The van der Waals surface area contributed by atoms with Crippen LogP contribution in [0.25, 0.3) is 0 Å². The van der Waals surface area contributed by atoms with Crippen LogP contribution in [0, 0.1) is 0 Å². The first kappa shape index (κ1) is 10.7. The van der Waals surface area contributed by atoms with Gasteiger partial charge in [-0.25, -0.2) is 9.78 Å². The number of rotatable bonds is 0. The van der Waals surface area contributed by atoms with Crippen molar-refractivity contribution in [2.24, 2.45) is 0 Å². The Kier molecular flexibility index (Phi) is 5.89. The Morgan fingerprint density at radius 1 is 1.44 bits per heavy atom. The molecule has 0 unspecified atom stereocenters. The van der Waals surface area contributed by atoms with Gasteiger partial charge >= 0.3 is 5.69 Å². The first-order valence-electron chi connectivity index (χ1n) is 1.89. The number of hydrogen-bond acceptors (Lipinski definition) is 2. The van der Waals surface area contributed by atoms with Crippen LogP contribution < -0.4 is 5.69 Å². The number of nitrogens with zero attached hydrogens (tertiary/aromatic N) is 1. The summed E-state index contributed by atoms with van der Waals surface area (Å²) in [5.74, 6) is 0. The molecule has 1 aromatic heterocycles. The van der Waals surface area contributed by atoms with E-state index in [1.54, 1.807) is 6.07 Å². The molecule has 5 N–H and O–H groups in total. The Bertz CT molecular complexity index is 180. The lowest BCUT2D eigenvalue weighted by atomic mass is 10.7. The number of aromatic nitrogens is 2. The molecule has 0 bridgehead atoms. The largest absolute Gasteiger partial charge is 0.412 e. The molecule has 0 atom stereocenters. The maximum Gasteiger partial charge on any atom is 0.344 e. The molecule has 0 aliphatic carbocycles. The summed E-state index contributed by atoms with van der Waals surface area (Å²) in [6.07, 6.45) is 2.98. The molecule has 9 heavy (non-hydrogen) atoms. The number of H-pyrrole nitrogens is 1. The van der Waals surface area contributed by atoms with Crippen LogP contribution in [-0.4, -0.2) is 20.9 Å². The van der Waals surface area contributed by atoms with Gasteiger partial charge in [0.15, 0.2) is 0 Å². The van der Waals surface area contributed by atoms with E-state index in [1.165, 1.54) is 12.4 Å². The molecule has 0 aliphatic heterocycles. The minimum atomic E-state index is -0.303. The van der Waals surface area contributed by atoms with Crippen molar-refractivity contribution >= 4 is 0 Å². The van der Waals surface area contributed by atoms with Crippen LogP contribution in [-0.2, 0) is 0 Å². The topological polar surface area (TPSA) is 109 Å². The number of hydrogen-bond donors (Lipinski definition) is 1. The van der Waals surface area contributed by atoms with Gasteiger partial charge in [0.2, 0.25) is 0 Å². The van der Waals surface area contributed by atoms with E-state index in [0.29, 0.717) is 0 Å². The Balaban J connectivity index is 0. The highest BCUT2D eigenvalue weighted by atomic mass is 16.1. The number of nitrogens with one attached hydrogen (secondary N) is 1. The van der Waals surface area contributed by atoms with Crippen molar-refractivity contribution in [3.63, 3.8) is 0 Å². The zero-order chi connectivity index (χ0) is 5.11. The molecule has 0 radical (unpaired) electrons. The maximum absolute atomic E-state index is 10.1. The quantitative estimate of drug-likeness (QED) is 0.445. The van der Waals surface area contributed by atoms with E-state index >= 15 is 0 Å². The van der Waals surface area contributed by atoms with Crippen molar-refractivity contribution in [2.75, 3.05) is 0 Å². The number of aromatic amines is 1. The van der Waals surface area contributed by atoms with Crippen molar-refractivity contribution in [2.45, 2.75) is 0 Å². The van der Waals surface area contributed by atoms with Gasteiger partial charge in [0.05, 0.1) is 0 Å². The second kappa shape index (κ2) is 4.95. The van der Waals surface area contributed by atoms with Crippen molar-refractivity contribution in [1.82, 2.24) is 9.97 Å². The van der Waals surface area contributed by atoms with Crippen molar-refractivity contribution < 1.29 is 11.0 Å². The lowest BCUT2D eigenvalue weighted by Crippen LogP contribution is -2.05. The smallest absolute Gasteiger partial charge is 0.344 e. The van der Waals surface area contributed by atoms with E-state index in [9.17, 15) is 4.79 Å². The molecule has 0 spiro atoms. The van der Waals surface area contributed by atoms with E-state index < -0.39 is 0 Å². The highest BCUT2D eigenvalue weighted by molar-refractivity contribution is 4.75. The molecule has 0 fully saturated rings. The zero-order valence-electron chi connectivity index (χ0n) is 4.59. The van der Waals surface area contributed by atoms with E-state index in [0.717, 1.165) is 0 Å². The van der Waals surface area contributed by atoms with Gasteiger partial charge in [0.1, 0.15) is 0 Å². The second-order valence-electron chi connectivity index (χ2n) is 1.09. The SMILES string of the molecule is O.O.O=c1nccc[nH]1. The normalized spacial score (nSPS) is 6.67. The van der Waals surface area contributed by atoms with Crippen LogP contribution in [0.3, 0.4) is 0 Å². The molecule has 0 saturated heterocycles. The Labute approximate surface area is 51.0 Å². The monoisotopic (exact) mass is 132 g/mol. The van der Waals surface area contributed by atoms with Crippen LogP contribution in [0.1, 0.15) is 0 Å². The standard InChI is InChI=1S/C4H4N2O.2H2O/c7-4-5-2-1-3-6-4;;/h1-3H,(H,5,6,7);2*1H2. The summed E-state index contributed by atoms with van der Waals surface area (Å²) in [6.45, 7) is 0. The van der Waals surface area contributed by atoms with Gasteiger partial charge in [-0.15, -0.1) is 0 Å². The van der Waals surface area contributed by atoms with Gasteiger partial charge in [-0.1, -0.05) is 0 Å². The van der Waals surface area contributed by atoms with Gasteiger partial charge < -0.3 is 15.9 Å². The third-order valence-corrected chi connectivity index (χ3v) is 0.581. The fourth-order valence-corrected chi connectivity index (χ4v) is 0.310. The molecule has 0 aliphatic rings. The lowest BCUT2D eigenvalue weighted by molar-refractivity contribution is 0.823. The van der Waals surface area contributed by atoms with Gasteiger partial charge in [-0.3, -0.25) is 0 Å². The fraction of sp³-hybridized carbons (Fsp3) is 0. The third-order valence-electron chi connectivity index (χ3n) is 0.581. The van der Waals surface area contributed by atoms with Crippen LogP contribution in [0.15, 0.2) is 23.3 Å². The lowest BCUT2D eigenvalue weighted by Gasteiger charge is -1.72. The highest BCUT2D eigenvalue weighted by Gasteiger charge is 1.70. The summed E-state index contributed by atoms with van der Waals surface area (Å²) in [4.78, 5) is 15.8. The molecule has 1 heterocycles. The summed E-state index contributed by atoms with van der Waals surface area (Å²) in [7, 11) is 0. The van der Waals surface area contributed by atoms with E-state index in [-0.39, 0.29) is 16.6 Å². The first-order chi connectivity index (χ1) is 3.39. The van der Waals surface area contributed by atoms with Crippen LogP contribution in [0.2, 0.25) is 0 Å². The van der Waals surface area contributed by atoms with Crippen molar-refractivity contribution in [3.8, 4) is 0 Å². The Morgan fingerprint density at radius 2 is 2.11 bits per heavy atom. The average Bonchev–Trinajstić information content (AvgIpc) is 1.69. The van der Waals surface area contributed by atoms with Gasteiger partial charge in [0.25, 0.3) is 0 Å². The van der Waals surface area contributed by atoms with Crippen LogP contribution >= 0.6 is 0 Å². The molecule has 52 valence electrons. The second-order valence-corrected chi connectivity index (χ2v) is 1.09.